The number of hydrogen-bond donors (Lipinski definition) is 2. The predicted molar refractivity (Wildman–Crippen MR) is 101 cm³/mol. The lowest BCUT2D eigenvalue weighted by molar-refractivity contribution is -0.142. The monoisotopic (exact) mass is 368 g/mol. The van der Waals surface area contributed by atoms with Crippen LogP contribution in [0.2, 0.25) is 0 Å². The number of anilines is 1. The van der Waals surface area contributed by atoms with Crippen LogP contribution in [0, 0.1) is 0 Å². The number of esters is 1. The first-order valence-corrected chi connectivity index (χ1v) is 8.12. The Hall–Kier alpha value is -3.61. The van der Waals surface area contributed by atoms with Crippen LogP contribution >= 0.6 is 0 Å². The van der Waals surface area contributed by atoms with Crippen molar-refractivity contribution in [1.82, 2.24) is 5.32 Å². The van der Waals surface area contributed by atoms with Crippen molar-refractivity contribution in [3.05, 3.63) is 65.7 Å². The molecule has 2 aromatic carbocycles. The molecule has 7 nitrogen and oxygen atoms in total. The van der Waals surface area contributed by atoms with Crippen LogP contribution in [0.3, 0.4) is 0 Å². The number of carbonyl (C=O) groups is 3. The van der Waals surface area contributed by atoms with Crippen molar-refractivity contribution in [3.63, 3.8) is 0 Å². The van der Waals surface area contributed by atoms with Crippen LogP contribution in [0.4, 0.5) is 5.69 Å². The minimum absolute atomic E-state index is 0.218. The van der Waals surface area contributed by atoms with E-state index < -0.39 is 18.5 Å². The maximum absolute atomic E-state index is 11.8. The van der Waals surface area contributed by atoms with Crippen LogP contribution in [0.1, 0.15) is 15.9 Å². The SMILES string of the molecule is CNC(=O)c1ccc(NC(=O)COC(=O)/C=C/c2cccc(OC)c2)cc1. The zero-order chi connectivity index (χ0) is 19.6. The van der Waals surface area contributed by atoms with Crippen molar-refractivity contribution >= 4 is 29.5 Å². The molecule has 0 spiro atoms. The van der Waals surface area contributed by atoms with Gasteiger partial charge in [-0.15, -0.1) is 0 Å². The maximum atomic E-state index is 11.8. The van der Waals surface area contributed by atoms with Gasteiger partial charge in [0.1, 0.15) is 5.75 Å². The molecule has 0 saturated carbocycles. The van der Waals surface area contributed by atoms with E-state index in [9.17, 15) is 14.4 Å². The van der Waals surface area contributed by atoms with Crippen molar-refractivity contribution in [2.75, 3.05) is 26.1 Å². The Bertz CT molecular complexity index is 844. The molecule has 0 unspecified atom stereocenters. The first-order valence-electron chi connectivity index (χ1n) is 8.12. The summed E-state index contributed by atoms with van der Waals surface area (Å²) in [5.74, 6) is -0.661. The Morgan fingerprint density at radius 1 is 1.07 bits per heavy atom. The van der Waals surface area contributed by atoms with Gasteiger partial charge in [0, 0.05) is 24.4 Å². The summed E-state index contributed by atoms with van der Waals surface area (Å²) in [5.41, 5.74) is 1.74. The number of nitrogens with one attached hydrogen (secondary N) is 2. The third kappa shape index (κ3) is 6.32. The number of methoxy groups -OCH3 is 1. The standard InChI is InChI=1S/C20H20N2O5/c1-21-20(25)15-7-9-16(10-8-15)22-18(23)13-27-19(24)11-6-14-4-3-5-17(12-14)26-2/h3-12H,13H2,1-2H3,(H,21,25)(H,22,23)/b11-6+. The Kier molecular flexibility index (Phi) is 7.13. The molecule has 2 rings (SSSR count). The van der Waals surface area contributed by atoms with E-state index in [1.165, 1.54) is 13.1 Å². The maximum Gasteiger partial charge on any atom is 0.331 e. The van der Waals surface area contributed by atoms with E-state index in [1.807, 2.05) is 6.07 Å². The summed E-state index contributed by atoms with van der Waals surface area (Å²) in [6.07, 6.45) is 2.81. The van der Waals surface area contributed by atoms with E-state index in [4.69, 9.17) is 9.47 Å². The van der Waals surface area contributed by atoms with Gasteiger partial charge in [0.2, 0.25) is 0 Å². The van der Waals surface area contributed by atoms with Crippen molar-refractivity contribution in [1.29, 1.82) is 0 Å². The quantitative estimate of drug-likeness (QED) is 0.577. The second kappa shape index (κ2) is 9.76. The number of rotatable bonds is 7. The highest BCUT2D eigenvalue weighted by Gasteiger charge is 2.07. The molecule has 0 aliphatic carbocycles. The molecular weight excluding hydrogens is 348 g/mol. The lowest BCUT2D eigenvalue weighted by Crippen LogP contribution is -2.20. The highest BCUT2D eigenvalue weighted by atomic mass is 16.5. The molecule has 27 heavy (non-hydrogen) atoms. The number of ether oxygens (including phenoxy) is 2. The molecule has 0 bridgehead atoms. The molecule has 0 saturated heterocycles. The molecule has 0 aliphatic heterocycles. The molecule has 0 heterocycles. The van der Waals surface area contributed by atoms with Gasteiger partial charge in [0.25, 0.3) is 11.8 Å². The summed E-state index contributed by atoms with van der Waals surface area (Å²) in [6, 6.07) is 13.5. The minimum atomic E-state index is -0.636. The smallest absolute Gasteiger partial charge is 0.331 e. The fraction of sp³-hybridized carbons (Fsp3) is 0.150. The number of carbonyl (C=O) groups excluding carboxylic acids is 3. The molecule has 0 radical (unpaired) electrons. The van der Waals surface area contributed by atoms with Gasteiger partial charge < -0.3 is 20.1 Å². The molecular formula is C20H20N2O5. The summed E-state index contributed by atoms with van der Waals surface area (Å²) in [6.45, 7) is -0.418. The van der Waals surface area contributed by atoms with Gasteiger partial charge in [-0.1, -0.05) is 12.1 Å². The first kappa shape index (κ1) is 19.7. The van der Waals surface area contributed by atoms with Gasteiger partial charge in [0.15, 0.2) is 6.61 Å². The van der Waals surface area contributed by atoms with Crippen molar-refractivity contribution in [2.24, 2.45) is 0 Å². The topological polar surface area (TPSA) is 93.7 Å². The lowest BCUT2D eigenvalue weighted by Gasteiger charge is -2.06. The van der Waals surface area contributed by atoms with Crippen LogP contribution in [0.25, 0.3) is 6.08 Å². The van der Waals surface area contributed by atoms with E-state index in [2.05, 4.69) is 10.6 Å². The number of benzene rings is 2. The lowest BCUT2D eigenvalue weighted by atomic mass is 10.2. The van der Waals surface area contributed by atoms with Crippen LogP contribution in [0.15, 0.2) is 54.6 Å². The van der Waals surface area contributed by atoms with Gasteiger partial charge in [-0.25, -0.2) is 4.79 Å². The van der Waals surface area contributed by atoms with Gasteiger partial charge in [-0.2, -0.15) is 0 Å². The molecule has 0 atom stereocenters. The highest BCUT2D eigenvalue weighted by molar-refractivity contribution is 5.96. The second-order valence-corrected chi connectivity index (χ2v) is 5.42. The molecule has 0 aromatic heterocycles. The zero-order valence-electron chi connectivity index (χ0n) is 15.0. The molecule has 2 aromatic rings. The average molecular weight is 368 g/mol. The molecule has 7 heteroatoms. The summed E-state index contributed by atoms with van der Waals surface area (Å²) < 4.78 is 10.00. The van der Waals surface area contributed by atoms with Gasteiger partial charge in [-0.05, 0) is 48.0 Å². The van der Waals surface area contributed by atoms with Gasteiger partial charge in [-0.3, -0.25) is 9.59 Å². The third-order valence-corrected chi connectivity index (χ3v) is 3.51. The van der Waals surface area contributed by atoms with E-state index >= 15 is 0 Å². The van der Waals surface area contributed by atoms with Crippen LogP contribution < -0.4 is 15.4 Å². The van der Waals surface area contributed by atoms with Gasteiger partial charge in [0.05, 0.1) is 7.11 Å². The summed E-state index contributed by atoms with van der Waals surface area (Å²) in [4.78, 5) is 35.0. The zero-order valence-corrected chi connectivity index (χ0v) is 15.0. The summed E-state index contributed by atoms with van der Waals surface area (Å²) in [7, 11) is 3.09. The number of hydrogen-bond acceptors (Lipinski definition) is 5. The normalized spacial score (nSPS) is 10.3. The fourth-order valence-electron chi connectivity index (χ4n) is 2.14. The fourth-order valence-corrected chi connectivity index (χ4v) is 2.14. The van der Waals surface area contributed by atoms with Crippen LogP contribution in [0.5, 0.6) is 5.75 Å². The van der Waals surface area contributed by atoms with Crippen molar-refractivity contribution in [3.8, 4) is 5.75 Å². The molecule has 2 amide bonds. The van der Waals surface area contributed by atoms with E-state index in [0.717, 1.165) is 5.56 Å². The van der Waals surface area contributed by atoms with E-state index in [0.29, 0.717) is 17.0 Å². The van der Waals surface area contributed by atoms with E-state index in [1.54, 1.807) is 55.7 Å². The molecule has 0 fully saturated rings. The third-order valence-electron chi connectivity index (χ3n) is 3.51. The summed E-state index contributed by atoms with van der Waals surface area (Å²) in [5, 5.41) is 5.09. The highest BCUT2D eigenvalue weighted by Crippen LogP contribution is 2.13. The van der Waals surface area contributed by atoms with E-state index in [-0.39, 0.29) is 5.91 Å². The number of amides is 2. The summed E-state index contributed by atoms with van der Waals surface area (Å²) >= 11 is 0. The Balaban J connectivity index is 1.81. The average Bonchev–Trinajstić information content (AvgIpc) is 2.70. The Morgan fingerprint density at radius 2 is 1.81 bits per heavy atom. The van der Waals surface area contributed by atoms with Crippen molar-refractivity contribution < 1.29 is 23.9 Å². The Morgan fingerprint density at radius 3 is 2.48 bits per heavy atom. The Labute approximate surface area is 157 Å². The molecule has 2 N–H and O–H groups in total. The van der Waals surface area contributed by atoms with Gasteiger partial charge >= 0.3 is 5.97 Å². The molecule has 140 valence electrons. The first-order chi connectivity index (χ1) is 13.0. The molecule has 0 aliphatic rings. The van der Waals surface area contributed by atoms with Crippen molar-refractivity contribution in [2.45, 2.75) is 0 Å². The minimum Gasteiger partial charge on any atom is -0.497 e. The predicted octanol–water partition coefficient (Wildman–Crippen LogP) is 2.25. The van der Waals surface area contributed by atoms with Crippen LogP contribution in [-0.2, 0) is 14.3 Å². The second-order valence-electron chi connectivity index (χ2n) is 5.42. The largest absolute Gasteiger partial charge is 0.497 e. The van der Waals surface area contributed by atoms with Crippen LogP contribution in [-0.4, -0.2) is 38.5 Å².